The standard InChI is InChI=1S/C24H26N2O5/c1-4-29-19-13-9-8-12-17(19)18-15-20(31-25-18)22(27)26-21(24(2,3)30-23(26)28)14-16-10-6-5-7-11-16/h5-13,20-21H,4,14-15H2,1-3H3/t20-,21-/m0/s1. The molecular weight excluding hydrogens is 396 g/mol. The number of imide groups is 1. The third-order valence-electron chi connectivity index (χ3n) is 5.61. The molecule has 0 unspecified atom stereocenters. The highest BCUT2D eigenvalue weighted by Gasteiger charge is 2.52. The molecule has 0 radical (unpaired) electrons. The van der Waals surface area contributed by atoms with E-state index in [4.69, 9.17) is 14.3 Å². The summed E-state index contributed by atoms with van der Waals surface area (Å²) < 4.78 is 11.2. The van der Waals surface area contributed by atoms with Crippen LogP contribution in [0, 0.1) is 0 Å². The minimum absolute atomic E-state index is 0.255. The van der Waals surface area contributed by atoms with Crippen LogP contribution in [-0.2, 0) is 20.8 Å². The molecule has 4 rings (SSSR count). The quantitative estimate of drug-likeness (QED) is 0.705. The largest absolute Gasteiger partial charge is 0.493 e. The first kappa shape index (κ1) is 20.9. The molecule has 31 heavy (non-hydrogen) atoms. The number of hydrogen-bond acceptors (Lipinski definition) is 6. The van der Waals surface area contributed by atoms with Gasteiger partial charge in [-0.1, -0.05) is 47.6 Å². The molecule has 0 N–H and O–H groups in total. The highest BCUT2D eigenvalue weighted by molar-refractivity contribution is 6.07. The summed E-state index contributed by atoms with van der Waals surface area (Å²) in [6, 6.07) is 16.8. The Morgan fingerprint density at radius 1 is 1.16 bits per heavy atom. The highest BCUT2D eigenvalue weighted by atomic mass is 16.6. The summed E-state index contributed by atoms with van der Waals surface area (Å²) in [6.45, 7) is 6.07. The van der Waals surface area contributed by atoms with Gasteiger partial charge in [0.05, 0.1) is 18.4 Å². The smallest absolute Gasteiger partial charge is 0.417 e. The molecule has 2 atom stereocenters. The molecule has 2 aromatic carbocycles. The van der Waals surface area contributed by atoms with E-state index in [0.717, 1.165) is 11.1 Å². The Kier molecular flexibility index (Phi) is 5.67. The van der Waals surface area contributed by atoms with Crippen molar-refractivity contribution in [1.82, 2.24) is 4.90 Å². The molecule has 2 heterocycles. The lowest BCUT2D eigenvalue weighted by atomic mass is 9.91. The van der Waals surface area contributed by atoms with E-state index in [1.54, 1.807) is 0 Å². The van der Waals surface area contributed by atoms with Crippen molar-refractivity contribution in [1.29, 1.82) is 0 Å². The Morgan fingerprint density at radius 2 is 1.87 bits per heavy atom. The molecule has 162 valence electrons. The number of nitrogens with zero attached hydrogens (tertiary/aromatic N) is 2. The summed E-state index contributed by atoms with van der Waals surface area (Å²) >= 11 is 0. The van der Waals surface area contributed by atoms with Gasteiger partial charge in [0.1, 0.15) is 11.4 Å². The first-order chi connectivity index (χ1) is 14.9. The van der Waals surface area contributed by atoms with Gasteiger partial charge < -0.3 is 14.3 Å². The molecule has 2 aromatic rings. The zero-order valence-electron chi connectivity index (χ0n) is 17.9. The monoisotopic (exact) mass is 422 g/mol. The van der Waals surface area contributed by atoms with Crippen LogP contribution in [0.15, 0.2) is 59.8 Å². The normalized spacial score (nSPS) is 22.0. The second-order valence-electron chi connectivity index (χ2n) is 8.15. The van der Waals surface area contributed by atoms with Crippen LogP contribution >= 0.6 is 0 Å². The van der Waals surface area contributed by atoms with E-state index < -0.39 is 29.7 Å². The highest BCUT2D eigenvalue weighted by Crippen LogP contribution is 2.34. The van der Waals surface area contributed by atoms with Gasteiger partial charge in [0.25, 0.3) is 5.91 Å². The Hall–Kier alpha value is -3.35. The Bertz CT molecular complexity index is 1000. The fourth-order valence-electron chi connectivity index (χ4n) is 4.01. The first-order valence-corrected chi connectivity index (χ1v) is 10.5. The lowest BCUT2D eigenvalue weighted by Crippen LogP contribution is -2.49. The molecule has 0 saturated carbocycles. The zero-order chi connectivity index (χ0) is 22.0. The van der Waals surface area contributed by atoms with E-state index >= 15 is 0 Å². The maximum atomic E-state index is 13.3. The van der Waals surface area contributed by atoms with Gasteiger partial charge in [0, 0.05) is 12.0 Å². The molecule has 0 spiro atoms. The second kappa shape index (κ2) is 8.41. The fraction of sp³-hybridized carbons (Fsp3) is 0.375. The third kappa shape index (κ3) is 4.13. The molecular formula is C24H26N2O5. The third-order valence-corrected chi connectivity index (χ3v) is 5.61. The maximum Gasteiger partial charge on any atom is 0.417 e. The number of para-hydroxylation sites is 1. The number of carbonyl (C=O) groups is 2. The summed E-state index contributed by atoms with van der Waals surface area (Å²) in [5, 5.41) is 4.13. The molecule has 1 fully saturated rings. The Labute approximate surface area is 181 Å². The number of benzene rings is 2. The first-order valence-electron chi connectivity index (χ1n) is 10.5. The van der Waals surface area contributed by atoms with Gasteiger partial charge in [0.2, 0.25) is 6.10 Å². The average Bonchev–Trinajstić information content (AvgIpc) is 3.32. The van der Waals surface area contributed by atoms with E-state index in [-0.39, 0.29) is 6.42 Å². The van der Waals surface area contributed by atoms with E-state index in [1.807, 2.05) is 75.4 Å². The summed E-state index contributed by atoms with van der Waals surface area (Å²) in [6.07, 6.45) is -0.781. The number of cyclic esters (lactones) is 1. The lowest BCUT2D eigenvalue weighted by molar-refractivity contribution is -0.140. The molecule has 2 aliphatic heterocycles. The van der Waals surface area contributed by atoms with Crippen molar-refractivity contribution in [2.24, 2.45) is 5.16 Å². The van der Waals surface area contributed by atoms with Crippen LogP contribution < -0.4 is 4.74 Å². The van der Waals surface area contributed by atoms with Crippen LogP contribution in [0.25, 0.3) is 0 Å². The van der Waals surface area contributed by atoms with Crippen LogP contribution in [0.5, 0.6) is 5.75 Å². The van der Waals surface area contributed by atoms with Crippen molar-refractivity contribution in [3.05, 3.63) is 65.7 Å². The summed E-state index contributed by atoms with van der Waals surface area (Å²) in [5.41, 5.74) is 1.61. The van der Waals surface area contributed by atoms with Crippen LogP contribution in [0.4, 0.5) is 4.79 Å². The molecule has 0 aromatic heterocycles. The number of hydrogen-bond donors (Lipinski definition) is 0. The van der Waals surface area contributed by atoms with Gasteiger partial charge in [-0.25, -0.2) is 9.69 Å². The van der Waals surface area contributed by atoms with Gasteiger partial charge in [0.15, 0.2) is 0 Å². The summed E-state index contributed by atoms with van der Waals surface area (Å²) in [4.78, 5) is 32.7. The predicted octanol–water partition coefficient (Wildman–Crippen LogP) is 3.95. The minimum Gasteiger partial charge on any atom is -0.493 e. The maximum absolute atomic E-state index is 13.3. The molecule has 0 bridgehead atoms. The molecule has 2 aliphatic rings. The van der Waals surface area contributed by atoms with Gasteiger partial charge in [-0.2, -0.15) is 0 Å². The SMILES string of the molecule is CCOc1ccccc1C1=NO[C@H](C(=O)N2C(=O)OC(C)(C)[C@@H]2Cc2ccccc2)C1. The van der Waals surface area contributed by atoms with Crippen LogP contribution in [0.1, 0.15) is 38.3 Å². The topological polar surface area (TPSA) is 77.4 Å². The van der Waals surface area contributed by atoms with Crippen LogP contribution in [0.2, 0.25) is 0 Å². The van der Waals surface area contributed by atoms with Crippen LogP contribution in [0.3, 0.4) is 0 Å². The molecule has 1 saturated heterocycles. The Morgan fingerprint density at radius 3 is 2.61 bits per heavy atom. The van der Waals surface area contributed by atoms with Crippen molar-refractivity contribution in [2.75, 3.05) is 6.61 Å². The van der Waals surface area contributed by atoms with E-state index in [1.165, 1.54) is 4.90 Å². The zero-order valence-corrected chi connectivity index (χ0v) is 17.9. The number of ether oxygens (including phenoxy) is 2. The number of carbonyl (C=O) groups excluding carboxylic acids is 2. The van der Waals surface area contributed by atoms with Gasteiger partial charge in [-0.3, -0.25) is 4.79 Å². The fourth-order valence-corrected chi connectivity index (χ4v) is 4.01. The van der Waals surface area contributed by atoms with Crippen molar-refractivity contribution in [3.63, 3.8) is 0 Å². The van der Waals surface area contributed by atoms with E-state index in [9.17, 15) is 9.59 Å². The van der Waals surface area contributed by atoms with Crippen LogP contribution in [-0.4, -0.2) is 47.0 Å². The number of rotatable bonds is 6. The van der Waals surface area contributed by atoms with Gasteiger partial charge in [-0.05, 0) is 44.9 Å². The molecule has 7 nitrogen and oxygen atoms in total. The molecule has 0 aliphatic carbocycles. The predicted molar refractivity (Wildman–Crippen MR) is 115 cm³/mol. The number of amides is 2. The van der Waals surface area contributed by atoms with Crippen molar-refractivity contribution in [2.45, 2.75) is 51.4 Å². The van der Waals surface area contributed by atoms with Gasteiger partial charge >= 0.3 is 6.09 Å². The van der Waals surface area contributed by atoms with E-state index in [0.29, 0.717) is 24.5 Å². The van der Waals surface area contributed by atoms with Crippen molar-refractivity contribution in [3.8, 4) is 5.75 Å². The van der Waals surface area contributed by atoms with Crippen molar-refractivity contribution >= 4 is 17.7 Å². The molecule has 2 amide bonds. The second-order valence-corrected chi connectivity index (χ2v) is 8.15. The molecule has 7 heteroatoms. The minimum atomic E-state index is -0.885. The Balaban J connectivity index is 1.53. The van der Waals surface area contributed by atoms with Gasteiger partial charge in [-0.15, -0.1) is 0 Å². The average molecular weight is 422 g/mol. The summed E-state index contributed by atoms with van der Waals surface area (Å²) in [7, 11) is 0. The van der Waals surface area contributed by atoms with E-state index in [2.05, 4.69) is 5.16 Å². The number of oxime groups is 1. The summed E-state index contributed by atoms with van der Waals surface area (Å²) in [5.74, 6) is 0.244. The van der Waals surface area contributed by atoms with Crippen molar-refractivity contribution < 1.29 is 23.9 Å². The lowest BCUT2D eigenvalue weighted by Gasteiger charge is -2.28.